The average molecular weight is 511 g/mol. The molecule has 1 spiro atoms. The lowest BCUT2D eigenvalue weighted by atomic mass is 9.72. The molecule has 0 unspecified atom stereocenters. The third kappa shape index (κ3) is 4.58. The van der Waals surface area contributed by atoms with Gasteiger partial charge in [-0.05, 0) is 44.1 Å². The van der Waals surface area contributed by atoms with E-state index in [-0.39, 0.29) is 0 Å². The maximum Gasteiger partial charge on any atom is 0.128 e. The number of hydrogen-bond acceptors (Lipinski definition) is 7. The van der Waals surface area contributed by atoms with Crippen LogP contribution in [-0.4, -0.2) is 50.6 Å². The quantitative estimate of drug-likeness (QED) is 0.441. The lowest BCUT2D eigenvalue weighted by Gasteiger charge is -2.53. The lowest BCUT2D eigenvalue weighted by molar-refractivity contribution is 0.149. The van der Waals surface area contributed by atoms with Crippen molar-refractivity contribution in [3.63, 3.8) is 0 Å². The van der Waals surface area contributed by atoms with Crippen LogP contribution < -0.4 is 10.2 Å². The van der Waals surface area contributed by atoms with Crippen LogP contribution >= 0.6 is 23.7 Å². The summed E-state index contributed by atoms with van der Waals surface area (Å²) in [6.45, 7) is 4.41. The van der Waals surface area contributed by atoms with Gasteiger partial charge >= 0.3 is 0 Å². The normalized spacial score (nSPS) is 16.5. The Bertz CT molecular complexity index is 1360. The summed E-state index contributed by atoms with van der Waals surface area (Å²) < 4.78 is 6.75. The minimum atomic E-state index is 0.467. The Labute approximate surface area is 213 Å². The number of rotatable bonds is 3. The second-order valence-corrected chi connectivity index (χ2v) is 9.54. The topological polar surface area (TPSA) is 96.3 Å². The van der Waals surface area contributed by atoms with Crippen LogP contribution in [0.15, 0.2) is 49.2 Å². The van der Waals surface area contributed by atoms with Crippen molar-refractivity contribution < 1.29 is 3.84 Å². The van der Waals surface area contributed by atoms with Crippen LogP contribution in [0.1, 0.15) is 18.4 Å². The van der Waals surface area contributed by atoms with E-state index in [0.717, 1.165) is 59.8 Å². The maximum atomic E-state index is 9.62. The summed E-state index contributed by atoms with van der Waals surface area (Å²) in [5, 5.41) is 21.8. The fourth-order valence-corrected chi connectivity index (χ4v) is 5.08. The minimum Gasteiger partial charge on any atom is -0.355 e. The zero-order chi connectivity index (χ0) is 24.4. The van der Waals surface area contributed by atoms with Gasteiger partial charge in [0.15, 0.2) is 0 Å². The average Bonchev–Trinajstić information content (AvgIpc) is 3.49. The minimum absolute atomic E-state index is 0.467. The molecule has 1 N–H and O–H groups in total. The molecule has 2 saturated heterocycles. The van der Waals surface area contributed by atoms with Gasteiger partial charge < -0.3 is 10.2 Å². The highest BCUT2D eigenvalue weighted by Gasteiger charge is 2.43. The molecular formula is C24H24Cl2N8O. The Kier molecular flexibility index (Phi) is 6.62. The van der Waals surface area contributed by atoms with E-state index >= 15 is 0 Å². The molecule has 2 aliphatic rings. The monoisotopic (exact) mass is 510 g/mol. The fraction of sp³-hybridized carbons (Fsp3) is 0.333. The molecule has 0 atom stereocenters. The third-order valence-electron chi connectivity index (χ3n) is 6.87. The predicted molar refractivity (Wildman–Crippen MR) is 135 cm³/mol. The van der Waals surface area contributed by atoms with Crippen molar-refractivity contribution >= 4 is 35.1 Å². The molecule has 0 amide bonds. The molecule has 0 bridgehead atoms. The second kappa shape index (κ2) is 9.84. The molecule has 0 radical (unpaired) electrons. The molecule has 180 valence electrons. The largest absolute Gasteiger partial charge is 0.355 e. The van der Waals surface area contributed by atoms with Gasteiger partial charge in [0.25, 0.3) is 0 Å². The van der Waals surface area contributed by atoms with Crippen molar-refractivity contribution in [2.24, 2.45) is 12.5 Å². The van der Waals surface area contributed by atoms with Crippen LogP contribution in [0.2, 0.25) is 0 Å². The second-order valence-electron chi connectivity index (χ2n) is 9.08. The molecule has 4 aromatic rings. The highest BCUT2D eigenvalue weighted by molar-refractivity contribution is 6.24. The molecule has 2 fully saturated rings. The van der Waals surface area contributed by atoms with E-state index in [1.165, 1.54) is 12.8 Å². The summed E-state index contributed by atoms with van der Waals surface area (Å²) in [5.74, 6) is 1.02. The van der Waals surface area contributed by atoms with Gasteiger partial charge in [-0.25, -0.2) is 9.50 Å². The van der Waals surface area contributed by atoms with Crippen molar-refractivity contribution in [3.05, 3.63) is 54.7 Å². The van der Waals surface area contributed by atoms with Gasteiger partial charge in [-0.15, -0.1) is 0 Å². The summed E-state index contributed by atoms with van der Waals surface area (Å²) in [5.41, 5.74) is 5.73. The van der Waals surface area contributed by atoms with Crippen LogP contribution in [0.4, 0.5) is 5.82 Å². The fourth-order valence-electron chi connectivity index (χ4n) is 5.08. The standard InChI is InChI=1S/C24H24N8.Cl2O/c1-30-13-20(12-28-30)18-8-21(23-19(9-25)11-29-32(23)14-18)17-2-3-22(27-10-17)31-15-24(16-31)4-6-26-7-5-24;1-3-2/h2-3,8,10-14,26H,4-7,15-16H2,1H3;. The van der Waals surface area contributed by atoms with Crippen LogP contribution in [0.3, 0.4) is 0 Å². The Hall–Kier alpha value is -3.16. The Morgan fingerprint density at radius 3 is 2.43 bits per heavy atom. The number of aromatic nitrogens is 5. The summed E-state index contributed by atoms with van der Waals surface area (Å²) in [7, 11) is 1.90. The first-order valence-corrected chi connectivity index (χ1v) is 11.9. The Morgan fingerprint density at radius 1 is 1.03 bits per heavy atom. The van der Waals surface area contributed by atoms with Crippen molar-refractivity contribution in [1.82, 2.24) is 29.7 Å². The Balaban J connectivity index is 0.000000806. The molecule has 2 aliphatic heterocycles. The number of aryl methyl sites for hydroxylation is 1. The zero-order valence-electron chi connectivity index (χ0n) is 19.2. The molecule has 11 heteroatoms. The van der Waals surface area contributed by atoms with Crippen molar-refractivity contribution in [3.8, 4) is 28.3 Å². The van der Waals surface area contributed by atoms with Gasteiger partial charge in [-0.1, -0.05) is 0 Å². The number of halogens is 2. The highest BCUT2D eigenvalue weighted by atomic mass is 35.6. The van der Waals surface area contributed by atoms with Crippen molar-refractivity contribution in [2.75, 3.05) is 31.1 Å². The first-order valence-electron chi connectivity index (χ1n) is 11.3. The zero-order valence-corrected chi connectivity index (χ0v) is 20.7. The van der Waals surface area contributed by atoms with E-state index in [1.807, 2.05) is 31.8 Å². The van der Waals surface area contributed by atoms with Gasteiger partial charge in [-0.2, -0.15) is 19.3 Å². The number of nitriles is 1. The first-order chi connectivity index (χ1) is 17.1. The van der Waals surface area contributed by atoms with Crippen molar-refractivity contribution in [2.45, 2.75) is 12.8 Å². The first kappa shape index (κ1) is 23.6. The smallest absolute Gasteiger partial charge is 0.128 e. The van der Waals surface area contributed by atoms with Crippen LogP contribution in [0, 0.1) is 16.7 Å². The van der Waals surface area contributed by atoms with Gasteiger partial charge in [0.2, 0.25) is 0 Å². The number of hydrogen-bond donors (Lipinski definition) is 1. The van der Waals surface area contributed by atoms with Gasteiger partial charge in [0.1, 0.15) is 11.9 Å². The SMILES string of the molecule is ClOCl.Cn1cc(-c2cc(-c3ccc(N4CC5(CCNCC5)C4)nc3)c3c(C#N)cnn3c2)cn1. The molecule has 0 saturated carbocycles. The number of piperidine rings is 1. The van der Waals surface area contributed by atoms with Crippen LogP contribution in [0.25, 0.3) is 27.8 Å². The van der Waals surface area contributed by atoms with E-state index in [4.69, 9.17) is 4.98 Å². The lowest BCUT2D eigenvalue weighted by Crippen LogP contribution is -2.60. The van der Waals surface area contributed by atoms with Gasteiger partial charge in [0, 0.05) is 66.4 Å². The molecular weight excluding hydrogens is 487 g/mol. The van der Waals surface area contributed by atoms with Crippen molar-refractivity contribution in [1.29, 1.82) is 5.26 Å². The molecule has 9 nitrogen and oxygen atoms in total. The molecule has 35 heavy (non-hydrogen) atoms. The van der Waals surface area contributed by atoms with Crippen LogP contribution in [0.5, 0.6) is 0 Å². The number of nitrogens with one attached hydrogen (secondary N) is 1. The summed E-state index contributed by atoms with van der Waals surface area (Å²) in [6, 6.07) is 8.57. The third-order valence-corrected chi connectivity index (χ3v) is 6.87. The van der Waals surface area contributed by atoms with Gasteiger partial charge in [-0.3, -0.25) is 4.68 Å². The highest BCUT2D eigenvalue weighted by Crippen LogP contribution is 2.41. The van der Waals surface area contributed by atoms with E-state index in [9.17, 15) is 5.26 Å². The number of fused-ring (bicyclic) bond motifs is 1. The van der Waals surface area contributed by atoms with E-state index in [1.54, 1.807) is 15.4 Å². The van der Waals surface area contributed by atoms with Crippen LogP contribution in [-0.2, 0) is 10.9 Å². The predicted octanol–water partition coefficient (Wildman–Crippen LogP) is 4.17. The summed E-state index contributed by atoms with van der Waals surface area (Å²) in [6.07, 6.45) is 11.8. The molecule has 6 rings (SSSR count). The molecule has 0 aromatic carbocycles. The number of anilines is 1. The Morgan fingerprint density at radius 2 is 1.80 bits per heavy atom. The van der Waals surface area contributed by atoms with Gasteiger partial charge in [0.05, 0.1) is 47.2 Å². The summed E-state index contributed by atoms with van der Waals surface area (Å²) in [4.78, 5) is 7.16. The summed E-state index contributed by atoms with van der Waals surface area (Å²) >= 11 is 8.53. The number of nitrogens with zero attached hydrogens (tertiary/aromatic N) is 7. The van der Waals surface area contributed by atoms with E-state index in [0.29, 0.717) is 11.0 Å². The molecule has 0 aliphatic carbocycles. The van der Waals surface area contributed by atoms with E-state index < -0.39 is 0 Å². The maximum absolute atomic E-state index is 9.62. The molecule has 6 heterocycles. The number of pyridine rings is 2. The van der Waals surface area contributed by atoms with E-state index in [2.05, 4.69) is 72.3 Å². The molecule has 4 aromatic heterocycles.